The van der Waals surface area contributed by atoms with Gasteiger partial charge in [-0.1, -0.05) is 23.9 Å². The summed E-state index contributed by atoms with van der Waals surface area (Å²) >= 11 is 1.40. The molecule has 0 N–H and O–H groups in total. The molecule has 33 heavy (non-hydrogen) atoms. The molecule has 10 heteroatoms. The van der Waals surface area contributed by atoms with Gasteiger partial charge in [0, 0.05) is 25.9 Å². The van der Waals surface area contributed by atoms with Crippen LogP contribution in [0.3, 0.4) is 0 Å². The lowest BCUT2D eigenvalue weighted by atomic mass is 9.94. The molecule has 1 unspecified atom stereocenters. The van der Waals surface area contributed by atoms with Gasteiger partial charge in [0.05, 0.1) is 43.6 Å². The molecule has 0 aromatic heterocycles. The Morgan fingerprint density at radius 2 is 1.94 bits per heavy atom. The van der Waals surface area contributed by atoms with Crippen molar-refractivity contribution in [2.45, 2.75) is 19.4 Å². The monoisotopic (exact) mass is 475 g/mol. The maximum Gasteiger partial charge on any atom is 0.338 e. The normalized spacial score (nSPS) is 20.4. The van der Waals surface area contributed by atoms with Gasteiger partial charge in [-0.2, -0.15) is 0 Å². The molecule has 3 heterocycles. The molecule has 0 spiro atoms. The molecule has 1 saturated heterocycles. The lowest BCUT2D eigenvalue weighted by Crippen LogP contribution is -2.42. The first-order valence-corrected chi connectivity index (χ1v) is 11.6. The molecule has 1 atom stereocenters. The van der Waals surface area contributed by atoms with E-state index in [0.717, 1.165) is 5.70 Å². The Morgan fingerprint density at radius 3 is 2.64 bits per heavy atom. The smallest absolute Gasteiger partial charge is 0.338 e. The van der Waals surface area contributed by atoms with Crippen LogP contribution in [0, 0.1) is 5.82 Å². The van der Waals surface area contributed by atoms with Crippen molar-refractivity contribution in [1.29, 1.82) is 0 Å². The van der Waals surface area contributed by atoms with Crippen LogP contribution in [-0.2, 0) is 23.8 Å². The summed E-state index contributed by atoms with van der Waals surface area (Å²) in [5, 5.41) is 2.56. The lowest BCUT2D eigenvalue weighted by Gasteiger charge is -2.37. The Balaban J connectivity index is 1.65. The number of methoxy groups -OCH3 is 1. The molecular formula is C23H26FN3O5S. The van der Waals surface area contributed by atoms with Gasteiger partial charge in [0.25, 0.3) is 0 Å². The summed E-state index contributed by atoms with van der Waals surface area (Å²) < 4.78 is 29.4. The van der Waals surface area contributed by atoms with Crippen LogP contribution in [0.1, 0.15) is 24.9 Å². The maximum absolute atomic E-state index is 13.7. The molecule has 8 nitrogen and oxygen atoms in total. The number of ether oxygens (including phenoxy) is 3. The summed E-state index contributed by atoms with van der Waals surface area (Å²) in [6.45, 7) is 4.28. The molecule has 4 rings (SSSR count). The van der Waals surface area contributed by atoms with E-state index in [1.807, 2.05) is 10.3 Å². The van der Waals surface area contributed by atoms with E-state index in [1.54, 1.807) is 24.0 Å². The topological polar surface area (TPSA) is 80.7 Å². The fraction of sp³-hybridized carbons (Fsp3) is 0.435. The number of nitrogens with zero attached hydrogens (tertiary/aromatic N) is 3. The van der Waals surface area contributed by atoms with Crippen LogP contribution in [-0.4, -0.2) is 73.5 Å². The first kappa shape index (κ1) is 23.5. The van der Waals surface area contributed by atoms with Gasteiger partial charge in [-0.25, -0.2) is 14.2 Å². The van der Waals surface area contributed by atoms with Gasteiger partial charge in [-0.3, -0.25) is 4.79 Å². The highest BCUT2D eigenvalue weighted by atomic mass is 32.2. The van der Waals surface area contributed by atoms with Gasteiger partial charge >= 0.3 is 5.97 Å². The van der Waals surface area contributed by atoms with Crippen molar-refractivity contribution >= 4 is 28.8 Å². The van der Waals surface area contributed by atoms with E-state index >= 15 is 0 Å². The Kier molecular flexibility index (Phi) is 7.46. The number of carbonyl (C=O) groups excluding carboxylic acids is 2. The third kappa shape index (κ3) is 5.13. The number of carbonyl (C=O) groups is 2. The van der Waals surface area contributed by atoms with E-state index in [1.165, 1.54) is 31.0 Å². The maximum atomic E-state index is 13.7. The molecule has 1 fully saturated rings. The van der Waals surface area contributed by atoms with Crippen molar-refractivity contribution in [3.05, 3.63) is 58.0 Å². The van der Waals surface area contributed by atoms with Crippen molar-refractivity contribution in [2.24, 2.45) is 4.99 Å². The summed E-state index contributed by atoms with van der Waals surface area (Å²) in [5.74, 6) is -0.903. The summed E-state index contributed by atoms with van der Waals surface area (Å²) in [5.41, 5.74) is 2.32. The van der Waals surface area contributed by atoms with Crippen molar-refractivity contribution in [3.8, 4) is 0 Å². The molecule has 1 aromatic carbocycles. The molecule has 0 saturated carbocycles. The second kappa shape index (κ2) is 10.5. The van der Waals surface area contributed by atoms with Gasteiger partial charge in [-0.15, -0.1) is 0 Å². The van der Waals surface area contributed by atoms with Gasteiger partial charge in [0.15, 0.2) is 5.17 Å². The van der Waals surface area contributed by atoms with Crippen molar-refractivity contribution in [3.63, 3.8) is 0 Å². The molecule has 0 radical (unpaired) electrons. The first-order valence-electron chi connectivity index (χ1n) is 10.7. The number of allylic oxidation sites excluding steroid dienone is 1. The number of amides is 1. The zero-order chi connectivity index (χ0) is 23.4. The van der Waals surface area contributed by atoms with E-state index in [0.29, 0.717) is 48.3 Å². The fourth-order valence-corrected chi connectivity index (χ4v) is 4.93. The number of halogens is 1. The molecule has 3 aliphatic heterocycles. The largest absolute Gasteiger partial charge is 0.460 e. The van der Waals surface area contributed by atoms with Crippen LogP contribution in [0.2, 0.25) is 0 Å². The van der Waals surface area contributed by atoms with Crippen molar-refractivity contribution in [2.75, 3.05) is 46.6 Å². The minimum atomic E-state index is -0.591. The predicted molar refractivity (Wildman–Crippen MR) is 122 cm³/mol. The SMILES string of the molecule is COCCOC(=O)C1=C(C)N=C2SC=C(CC(=O)N3CCOCC3)N2C1c1ccc(F)cc1. The number of hydrogen-bond acceptors (Lipinski definition) is 8. The van der Waals surface area contributed by atoms with Crippen molar-refractivity contribution in [1.82, 2.24) is 9.80 Å². The highest BCUT2D eigenvalue weighted by Gasteiger charge is 2.41. The summed E-state index contributed by atoms with van der Waals surface area (Å²) in [6, 6.07) is 5.41. The van der Waals surface area contributed by atoms with Gasteiger partial charge in [0.1, 0.15) is 12.4 Å². The predicted octanol–water partition coefficient (Wildman–Crippen LogP) is 2.84. The molecule has 1 amide bonds. The van der Waals surface area contributed by atoms with Gasteiger partial charge < -0.3 is 24.0 Å². The number of morpholine rings is 1. The summed E-state index contributed by atoms with van der Waals surface area (Å²) in [4.78, 5) is 34.3. The average Bonchev–Trinajstić information content (AvgIpc) is 3.21. The third-order valence-electron chi connectivity index (χ3n) is 5.62. The van der Waals surface area contributed by atoms with Crippen LogP contribution in [0.15, 0.2) is 51.6 Å². The minimum absolute atomic E-state index is 0.0141. The number of aliphatic imine (C=N–C) groups is 1. The molecule has 176 valence electrons. The van der Waals surface area contributed by atoms with E-state index < -0.39 is 12.0 Å². The number of amidine groups is 1. The van der Waals surface area contributed by atoms with Crippen LogP contribution >= 0.6 is 11.8 Å². The molecule has 0 aliphatic carbocycles. The second-order valence-corrected chi connectivity index (χ2v) is 8.58. The highest BCUT2D eigenvalue weighted by Crippen LogP contribution is 2.45. The average molecular weight is 476 g/mol. The second-order valence-electron chi connectivity index (χ2n) is 7.74. The van der Waals surface area contributed by atoms with Crippen LogP contribution in [0.25, 0.3) is 0 Å². The number of hydrogen-bond donors (Lipinski definition) is 0. The first-order chi connectivity index (χ1) is 16.0. The van der Waals surface area contributed by atoms with Crippen LogP contribution in [0.4, 0.5) is 4.39 Å². The number of thioether (sulfide) groups is 1. The lowest BCUT2D eigenvalue weighted by molar-refractivity contribution is -0.141. The van der Waals surface area contributed by atoms with Gasteiger partial charge in [-0.05, 0) is 30.0 Å². The summed E-state index contributed by atoms with van der Waals surface area (Å²) in [6.07, 6.45) is 0.161. The Bertz CT molecular complexity index is 1000. The van der Waals surface area contributed by atoms with E-state index in [9.17, 15) is 14.0 Å². The zero-order valence-corrected chi connectivity index (χ0v) is 19.4. The van der Waals surface area contributed by atoms with Crippen LogP contribution < -0.4 is 0 Å². The van der Waals surface area contributed by atoms with E-state index in [-0.39, 0.29) is 31.4 Å². The number of esters is 1. The van der Waals surface area contributed by atoms with E-state index in [2.05, 4.69) is 4.99 Å². The molecular weight excluding hydrogens is 449 g/mol. The standard InChI is InChI=1S/C23H26FN3O5S/c1-15-20(22(29)32-12-11-30-2)21(16-3-5-17(24)6-4-16)27-18(14-33-23(27)25-15)13-19(28)26-7-9-31-10-8-26/h3-6,14,21H,7-13H2,1-2H3. The molecule has 3 aliphatic rings. The number of benzene rings is 1. The van der Waals surface area contributed by atoms with Crippen LogP contribution in [0.5, 0.6) is 0 Å². The van der Waals surface area contributed by atoms with Gasteiger partial charge in [0.2, 0.25) is 5.91 Å². The highest BCUT2D eigenvalue weighted by molar-refractivity contribution is 8.16. The quantitative estimate of drug-likeness (QED) is 0.443. The Morgan fingerprint density at radius 1 is 1.21 bits per heavy atom. The van der Waals surface area contributed by atoms with Crippen molar-refractivity contribution < 1.29 is 28.2 Å². The number of fused-ring (bicyclic) bond motifs is 1. The van der Waals surface area contributed by atoms with E-state index in [4.69, 9.17) is 14.2 Å². The third-order valence-corrected chi connectivity index (χ3v) is 6.51. The molecule has 1 aromatic rings. The molecule has 0 bridgehead atoms. The summed E-state index contributed by atoms with van der Waals surface area (Å²) in [7, 11) is 1.53. The Hall–Kier alpha value is -2.69. The fourth-order valence-electron chi connectivity index (χ4n) is 3.97. The zero-order valence-electron chi connectivity index (χ0n) is 18.6. The number of rotatable bonds is 7. The minimum Gasteiger partial charge on any atom is -0.460 e. The Labute approximate surface area is 196 Å².